The number of nitrogens with one attached hydrogen (secondary N) is 1. The van der Waals surface area contributed by atoms with Gasteiger partial charge in [0.25, 0.3) is 0 Å². The highest BCUT2D eigenvalue weighted by Crippen LogP contribution is 2.17. The average molecular weight is 925 g/mol. The summed E-state index contributed by atoms with van der Waals surface area (Å²) in [5.41, 5.74) is 0. The largest absolute Gasteiger partial charge is 0.394 e. The van der Waals surface area contributed by atoms with E-state index in [0.29, 0.717) is 6.42 Å². The van der Waals surface area contributed by atoms with Crippen LogP contribution in [0.25, 0.3) is 0 Å². The van der Waals surface area contributed by atoms with Crippen molar-refractivity contribution in [3.05, 3.63) is 48.6 Å². The van der Waals surface area contributed by atoms with Crippen molar-refractivity contribution in [1.82, 2.24) is 5.32 Å². The number of amides is 1. The molecule has 4 heteroatoms. The van der Waals surface area contributed by atoms with Gasteiger partial charge in [-0.3, -0.25) is 4.79 Å². The number of rotatable bonds is 55. The van der Waals surface area contributed by atoms with Gasteiger partial charge in [0.05, 0.1) is 18.8 Å². The molecule has 0 aliphatic rings. The van der Waals surface area contributed by atoms with Crippen LogP contribution in [0.3, 0.4) is 0 Å². The molecule has 1 amide bonds. The van der Waals surface area contributed by atoms with E-state index in [2.05, 4.69) is 55.6 Å². The average Bonchev–Trinajstić information content (AvgIpc) is 3.32. The molecule has 0 aliphatic heterocycles. The third-order valence-corrected chi connectivity index (χ3v) is 13.8. The molecular formula is C62H117NO3. The van der Waals surface area contributed by atoms with E-state index in [1.165, 1.54) is 263 Å². The lowest BCUT2D eigenvalue weighted by atomic mass is 10.0. The number of hydrogen-bond acceptors (Lipinski definition) is 3. The summed E-state index contributed by atoms with van der Waals surface area (Å²) in [5, 5.41) is 23.2. The highest BCUT2D eigenvalue weighted by Gasteiger charge is 2.18. The second-order valence-corrected chi connectivity index (χ2v) is 20.4. The van der Waals surface area contributed by atoms with Crippen molar-refractivity contribution in [2.45, 2.75) is 334 Å². The Balaban J connectivity index is 3.42. The SMILES string of the molecule is CCCCCCC/C=C\C/C=C\C/C=C\CCCCCCCCCCCCCCCCCCCCCCCCC(=O)NC(CO)C(O)/C=C/CCCCCCCCCCCCCCCCC. The quantitative estimate of drug-likeness (QED) is 0.0420. The first kappa shape index (κ1) is 64.3. The van der Waals surface area contributed by atoms with Crippen LogP contribution < -0.4 is 5.32 Å². The lowest BCUT2D eigenvalue weighted by molar-refractivity contribution is -0.123. The predicted molar refractivity (Wildman–Crippen MR) is 295 cm³/mol. The van der Waals surface area contributed by atoms with E-state index in [4.69, 9.17) is 0 Å². The van der Waals surface area contributed by atoms with Gasteiger partial charge in [-0.1, -0.05) is 306 Å². The molecule has 0 spiro atoms. The lowest BCUT2D eigenvalue weighted by Crippen LogP contribution is -2.45. The van der Waals surface area contributed by atoms with Gasteiger partial charge in [0.1, 0.15) is 0 Å². The number of aliphatic hydroxyl groups is 2. The van der Waals surface area contributed by atoms with Gasteiger partial charge in [0, 0.05) is 6.42 Å². The zero-order chi connectivity index (χ0) is 47.7. The summed E-state index contributed by atoms with van der Waals surface area (Å²) in [6, 6.07) is -0.621. The Morgan fingerprint density at radius 1 is 0.364 bits per heavy atom. The van der Waals surface area contributed by atoms with E-state index in [0.717, 1.165) is 38.5 Å². The molecule has 0 heterocycles. The Bertz CT molecular complexity index is 1050. The zero-order valence-electron chi connectivity index (χ0n) is 44.7. The summed E-state index contributed by atoms with van der Waals surface area (Å²) >= 11 is 0. The van der Waals surface area contributed by atoms with Gasteiger partial charge in [0.2, 0.25) is 5.91 Å². The lowest BCUT2D eigenvalue weighted by Gasteiger charge is -2.20. The minimum Gasteiger partial charge on any atom is -0.394 e. The second-order valence-electron chi connectivity index (χ2n) is 20.4. The second kappa shape index (κ2) is 57.7. The first-order valence-electron chi connectivity index (χ1n) is 29.9. The van der Waals surface area contributed by atoms with E-state index < -0.39 is 12.1 Å². The van der Waals surface area contributed by atoms with E-state index in [1.807, 2.05) is 6.08 Å². The topological polar surface area (TPSA) is 69.6 Å². The molecule has 3 N–H and O–H groups in total. The maximum Gasteiger partial charge on any atom is 0.220 e. The van der Waals surface area contributed by atoms with Gasteiger partial charge in [-0.25, -0.2) is 0 Å². The van der Waals surface area contributed by atoms with Gasteiger partial charge < -0.3 is 15.5 Å². The van der Waals surface area contributed by atoms with Crippen LogP contribution in [0.15, 0.2) is 48.6 Å². The number of allylic oxidation sites excluding steroid dienone is 7. The van der Waals surface area contributed by atoms with E-state index in [-0.39, 0.29) is 12.5 Å². The Labute approximate surface area is 414 Å². The van der Waals surface area contributed by atoms with Crippen LogP contribution >= 0.6 is 0 Å². The van der Waals surface area contributed by atoms with E-state index in [1.54, 1.807) is 6.08 Å². The third-order valence-electron chi connectivity index (χ3n) is 13.8. The maximum atomic E-state index is 12.5. The molecule has 0 saturated heterocycles. The number of unbranched alkanes of at least 4 members (excludes halogenated alkanes) is 42. The molecule has 0 radical (unpaired) electrons. The molecule has 2 atom stereocenters. The minimum absolute atomic E-state index is 0.0589. The molecule has 0 aliphatic carbocycles. The van der Waals surface area contributed by atoms with Crippen LogP contribution in [-0.2, 0) is 4.79 Å². The van der Waals surface area contributed by atoms with E-state index >= 15 is 0 Å². The summed E-state index contributed by atoms with van der Waals surface area (Å²) in [6.45, 7) is 4.32. The van der Waals surface area contributed by atoms with Crippen molar-refractivity contribution in [1.29, 1.82) is 0 Å². The molecule has 0 fully saturated rings. The van der Waals surface area contributed by atoms with Crippen LogP contribution in [0.2, 0.25) is 0 Å². The minimum atomic E-state index is -0.838. The molecule has 0 aromatic heterocycles. The molecule has 2 unspecified atom stereocenters. The summed E-state index contributed by atoms with van der Waals surface area (Å²) in [4.78, 5) is 12.5. The van der Waals surface area contributed by atoms with Crippen molar-refractivity contribution < 1.29 is 15.0 Å². The highest BCUT2D eigenvalue weighted by molar-refractivity contribution is 5.76. The number of carbonyl (C=O) groups excluding carboxylic acids is 1. The summed E-state index contributed by atoms with van der Waals surface area (Å²) in [7, 11) is 0. The number of aliphatic hydroxyl groups excluding tert-OH is 2. The van der Waals surface area contributed by atoms with Crippen molar-refractivity contribution in [3.63, 3.8) is 0 Å². The maximum absolute atomic E-state index is 12.5. The fourth-order valence-electron chi connectivity index (χ4n) is 9.25. The van der Waals surface area contributed by atoms with Crippen molar-refractivity contribution in [2.75, 3.05) is 6.61 Å². The van der Waals surface area contributed by atoms with Gasteiger partial charge in [-0.15, -0.1) is 0 Å². The molecule has 0 rings (SSSR count). The number of carbonyl (C=O) groups is 1. The van der Waals surface area contributed by atoms with E-state index in [9.17, 15) is 15.0 Å². The molecule has 388 valence electrons. The molecule has 66 heavy (non-hydrogen) atoms. The van der Waals surface area contributed by atoms with Crippen LogP contribution in [0.5, 0.6) is 0 Å². The van der Waals surface area contributed by atoms with Gasteiger partial charge in [-0.05, 0) is 57.8 Å². The first-order chi connectivity index (χ1) is 32.7. The van der Waals surface area contributed by atoms with Crippen molar-refractivity contribution in [3.8, 4) is 0 Å². The fraction of sp³-hybridized carbons (Fsp3) is 0.855. The molecule has 0 saturated carbocycles. The zero-order valence-corrected chi connectivity index (χ0v) is 44.7. The smallest absolute Gasteiger partial charge is 0.220 e. The predicted octanol–water partition coefficient (Wildman–Crippen LogP) is 19.8. The van der Waals surface area contributed by atoms with Gasteiger partial charge in [-0.2, -0.15) is 0 Å². The Morgan fingerprint density at radius 2 is 0.621 bits per heavy atom. The molecule has 4 nitrogen and oxygen atoms in total. The molecule has 0 bridgehead atoms. The molecule has 0 aromatic rings. The Hall–Kier alpha value is -1.65. The first-order valence-corrected chi connectivity index (χ1v) is 29.9. The fourth-order valence-corrected chi connectivity index (χ4v) is 9.25. The van der Waals surface area contributed by atoms with Crippen LogP contribution in [-0.4, -0.2) is 34.9 Å². The standard InChI is InChI=1S/C62H117NO3/c1-3-5-7-9-11-13-15-17-19-21-22-23-24-25-26-27-28-29-30-31-32-33-34-35-36-37-38-39-40-42-44-46-48-50-52-54-56-58-62(66)63-60(59-64)61(65)57-55-53-51-49-47-45-43-41-20-18-16-14-12-10-8-6-4-2/h15,17,21-22,24-25,55,57,60-61,64-65H,3-14,16,18-20,23,26-54,56,58-59H2,1-2H3,(H,63,66)/b17-15-,22-21-,25-24-,57-55+. The third kappa shape index (κ3) is 53.3. The highest BCUT2D eigenvalue weighted by atomic mass is 16.3. The molecule has 0 aromatic carbocycles. The monoisotopic (exact) mass is 924 g/mol. The van der Waals surface area contributed by atoms with Crippen LogP contribution in [0.4, 0.5) is 0 Å². The van der Waals surface area contributed by atoms with Crippen molar-refractivity contribution in [2.24, 2.45) is 0 Å². The Kier molecular flexibility index (Phi) is 56.2. The van der Waals surface area contributed by atoms with Crippen LogP contribution in [0, 0.1) is 0 Å². The Morgan fingerprint density at radius 3 is 0.924 bits per heavy atom. The number of hydrogen-bond donors (Lipinski definition) is 3. The summed E-state index contributed by atoms with van der Waals surface area (Å²) < 4.78 is 0. The summed E-state index contributed by atoms with van der Waals surface area (Å²) in [5.74, 6) is -0.0589. The molecular weight excluding hydrogens is 807 g/mol. The van der Waals surface area contributed by atoms with Gasteiger partial charge >= 0.3 is 0 Å². The van der Waals surface area contributed by atoms with Crippen LogP contribution in [0.1, 0.15) is 322 Å². The normalized spacial score (nSPS) is 13.1. The van der Waals surface area contributed by atoms with Crippen molar-refractivity contribution >= 4 is 5.91 Å². The summed E-state index contributed by atoms with van der Waals surface area (Å²) in [6.07, 6.45) is 80.1. The van der Waals surface area contributed by atoms with Gasteiger partial charge in [0.15, 0.2) is 0 Å².